The molecule has 0 atom stereocenters. The Hall–Kier alpha value is -0.990. The summed E-state index contributed by atoms with van der Waals surface area (Å²) in [7, 11) is 1.97. The van der Waals surface area contributed by atoms with Crippen LogP contribution in [0.3, 0.4) is 0 Å². The fourth-order valence-electron chi connectivity index (χ4n) is 2.18. The van der Waals surface area contributed by atoms with E-state index in [1.54, 1.807) is 0 Å². The van der Waals surface area contributed by atoms with Crippen molar-refractivity contribution in [1.29, 1.82) is 0 Å². The Morgan fingerprint density at radius 2 is 2.06 bits per heavy atom. The summed E-state index contributed by atoms with van der Waals surface area (Å²) in [6.45, 7) is 5.27. The van der Waals surface area contributed by atoms with E-state index in [0.29, 0.717) is 6.04 Å². The number of nitrogens with zero attached hydrogens (tertiary/aromatic N) is 1. The second kappa shape index (κ2) is 4.48. The van der Waals surface area contributed by atoms with Crippen LogP contribution < -0.4 is 5.32 Å². The monoisotopic (exact) mass is 236 g/mol. The number of hydrogen-bond donors (Lipinski definition) is 1. The second-order valence-electron chi connectivity index (χ2n) is 4.33. The Bertz CT molecular complexity index is 500. The Morgan fingerprint density at radius 3 is 2.69 bits per heavy atom. The molecule has 2 rings (SSSR count). The van der Waals surface area contributed by atoms with Gasteiger partial charge >= 0.3 is 0 Å². The maximum Gasteiger partial charge on any atom is 0.0500 e. The van der Waals surface area contributed by atoms with Crippen LogP contribution in [0.5, 0.6) is 0 Å². The van der Waals surface area contributed by atoms with Crippen LogP contribution in [0.15, 0.2) is 24.3 Å². The standard InChI is InChI=1S/C13H17ClN2/c1-9(2)16-12(8-15-3)6-10-4-5-11(14)7-13(10)16/h4-7,9,15H,8H2,1-3H3. The van der Waals surface area contributed by atoms with E-state index >= 15 is 0 Å². The Balaban J connectivity index is 2.67. The van der Waals surface area contributed by atoms with Crippen LogP contribution in [0, 0.1) is 0 Å². The maximum atomic E-state index is 6.05. The molecule has 2 aromatic rings. The molecule has 0 aliphatic heterocycles. The molecule has 1 N–H and O–H groups in total. The molecule has 0 aliphatic rings. The average molecular weight is 237 g/mol. The van der Waals surface area contributed by atoms with Crippen molar-refractivity contribution >= 4 is 22.5 Å². The maximum absolute atomic E-state index is 6.05. The van der Waals surface area contributed by atoms with Crippen LogP contribution in [-0.2, 0) is 6.54 Å². The van der Waals surface area contributed by atoms with Crippen LogP contribution in [0.25, 0.3) is 10.9 Å². The summed E-state index contributed by atoms with van der Waals surface area (Å²) in [6, 6.07) is 8.73. The van der Waals surface area contributed by atoms with E-state index in [-0.39, 0.29) is 0 Å². The lowest BCUT2D eigenvalue weighted by atomic mass is 10.2. The third-order valence-corrected chi connectivity index (χ3v) is 2.99. The molecule has 0 unspecified atom stereocenters. The van der Waals surface area contributed by atoms with Crippen LogP contribution in [0.4, 0.5) is 0 Å². The Labute approximate surface area is 101 Å². The summed E-state index contributed by atoms with van der Waals surface area (Å²) >= 11 is 6.05. The van der Waals surface area contributed by atoms with Crippen molar-refractivity contribution in [2.24, 2.45) is 0 Å². The molecule has 1 aromatic carbocycles. The molecule has 1 aromatic heterocycles. The van der Waals surface area contributed by atoms with Gasteiger partial charge in [0, 0.05) is 34.2 Å². The van der Waals surface area contributed by atoms with Gasteiger partial charge in [0.05, 0.1) is 0 Å². The van der Waals surface area contributed by atoms with Crippen LogP contribution in [0.1, 0.15) is 25.6 Å². The van der Waals surface area contributed by atoms with Gasteiger partial charge in [-0.1, -0.05) is 17.7 Å². The van der Waals surface area contributed by atoms with E-state index in [1.807, 2.05) is 19.2 Å². The van der Waals surface area contributed by atoms with Crippen molar-refractivity contribution in [1.82, 2.24) is 9.88 Å². The van der Waals surface area contributed by atoms with Gasteiger partial charge in [0.25, 0.3) is 0 Å². The Morgan fingerprint density at radius 1 is 1.31 bits per heavy atom. The minimum absolute atomic E-state index is 0.444. The van der Waals surface area contributed by atoms with Crippen LogP contribution >= 0.6 is 11.6 Å². The van der Waals surface area contributed by atoms with E-state index < -0.39 is 0 Å². The van der Waals surface area contributed by atoms with E-state index in [1.165, 1.54) is 16.6 Å². The summed E-state index contributed by atoms with van der Waals surface area (Å²) in [4.78, 5) is 0. The summed E-state index contributed by atoms with van der Waals surface area (Å²) in [5, 5.41) is 5.25. The first-order valence-corrected chi connectivity index (χ1v) is 5.95. The van der Waals surface area contributed by atoms with Gasteiger partial charge in [-0.3, -0.25) is 0 Å². The topological polar surface area (TPSA) is 17.0 Å². The van der Waals surface area contributed by atoms with Crippen molar-refractivity contribution in [3.05, 3.63) is 35.0 Å². The molecular weight excluding hydrogens is 220 g/mol. The molecule has 0 fully saturated rings. The summed E-state index contributed by atoms with van der Waals surface area (Å²) in [5.74, 6) is 0. The lowest BCUT2D eigenvalue weighted by Gasteiger charge is -2.14. The minimum Gasteiger partial charge on any atom is -0.341 e. The minimum atomic E-state index is 0.444. The molecule has 0 bridgehead atoms. The molecule has 0 saturated carbocycles. The fourth-order valence-corrected chi connectivity index (χ4v) is 2.34. The van der Waals surface area contributed by atoms with Crippen LogP contribution in [-0.4, -0.2) is 11.6 Å². The first-order valence-electron chi connectivity index (χ1n) is 5.57. The van der Waals surface area contributed by atoms with Crippen molar-refractivity contribution in [2.75, 3.05) is 7.05 Å². The third-order valence-electron chi connectivity index (χ3n) is 2.76. The molecule has 0 spiro atoms. The highest BCUT2D eigenvalue weighted by molar-refractivity contribution is 6.31. The van der Waals surface area contributed by atoms with Gasteiger partial charge in [0.15, 0.2) is 0 Å². The van der Waals surface area contributed by atoms with Crippen molar-refractivity contribution < 1.29 is 0 Å². The van der Waals surface area contributed by atoms with Crippen molar-refractivity contribution in [3.8, 4) is 0 Å². The van der Waals surface area contributed by atoms with E-state index in [0.717, 1.165) is 11.6 Å². The average Bonchev–Trinajstić information content (AvgIpc) is 2.55. The van der Waals surface area contributed by atoms with Crippen LogP contribution in [0.2, 0.25) is 5.02 Å². The first-order chi connectivity index (χ1) is 7.63. The highest BCUT2D eigenvalue weighted by Gasteiger charge is 2.10. The highest BCUT2D eigenvalue weighted by atomic mass is 35.5. The molecule has 2 nitrogen and oxygen atoms in total. The SMILES string of the molecule is CNCc1cc2ccc(Cl)cc2n1C(C)C. The molecule has 86 valence electrons. The van der Waals surface area contributed by atoms with E-state index in [9.17, 15) is 0 Å². The van der Waals surface area contributed by atoms with E-state index in [2.05, 4.69) is 35.9 Å². The number of nitrogens with one attached hydrogen (secondary N) is 1. The normalized spacial score (nSPS) is 11.6. The molecule has 0 aliphatic carbocycles. The number of benzene rings is 1. The molecule has 1 heterocycles. The van der Waals surface area contributed by atoms with Gasteiger partial charge in [0.1, 0.15) is 0 Å². The number of aromatic nitrogens is 1. The molecule has 0 saturated heterocycles. The Kier molecular flexibility index (Phi) is 3.22. The lowest BCUT2D eigenvalue weighted by molar-refractivity contribution is 0.581. The lowest BCUT2D eigenvalue weighted by Crippen LogP contribution is -2.12. The van der Waals surface area contributed by atoms with Gasteiger partial charge in [-0.2, -0.15) is 0 Å². The highest BCUT2D eigenvalue weighted by Crippen LogP contribution is 2.26. The predicted molar refractivity (Wildman–Crippen MR) is 70.1 cm³/mol. The summed E-state index contributed by atoms with van der Waals surface area (Å²) in [5.41, 5.74) is 2.52. The van der Waals surface area contributed by atoms with Crippen molar-refractivity contribution in [2.45, 2.75) is 26.4 Å². The molecular formula is C13H17ClN2. The number of rotatable bonds is 3. The van der Waals surface area contributed by atoms with Gasteiger partial charge in [-0.25, -0.2) is 0 Å². The van der Waals surface area contributed by atoms with E-state index in [4.69, 9.17) is 11.6 Å². The summed E-state index contributed by atoms with van der Waals surface area (Å²) in [6.07, 6.45) is 0. The van der Waals surface area contributed by atoms with Gasteiger partial charge in [0.2, 0.25) is 0 Å². The first kappa shape index (κ1) is 11.5. The zero-order valence-electron chi connectivity index (χ0n) is 9.92. The summed E-state index contributed by atoms with van der Waals surface area (Å²) < 4.78 is 2.33. The van der Waals surface area contributed by atoms with Gasteiger partial charge < -0.3 is 9.88 Å². The fraction of sp³-hybridized carbons (Fsp3) is 0.385. The second-order valence-corrected chi connectivity index (χ2v) is 4.77. The van der Waals surface area contributed by atoms with Gasteiger partial charge in [-0.05, 0) is 39.1 Å². The molecule has 3 heteroatoms. The van der Waals surface area contributed by atoms with Crippen molar-refractivity contribution in [3.63, 3.8) is 0 Å². The zero-order valence-corrected chi connectivity index (χ0v) is 10.7. The number of halogens is 1. The molecule has 0 amide bonds. The number of hydrogen-bond acceptors (Lipinski definition) is 1. The molecule has 0 radical (unpaired) electrons. The third kappa shape index (κ3) is 1.95. The predicted octanol–water partition coefficient (Wildman–Crippen LogP) is 3.60. The smallest absolute Gasteiger partial charge is 0.0500 e. The quantitative estimate of drug-likeness (QED) is 0.862. The zero-order chi connectivity index (χ0) is 11.7. The molecule has 16 heavy (non-hydrogen) atoms. The number of fused-ring (bicyclic) bond motifs is 1. The largest absolute Gasteiger partial charge is 0.341 e. The van der Waals surface area contributed by atoms with Gasteiger partial charge in [-0.15, -0.1) is 0 Å².